The lowest BCUT2D eigenvalue weighted by Crippen LogP contribution is -2.59. The highest BCUT2D eigenvalue weighted by molar-refractivity contribution is 5.99. The van der Waals surface area contributed by atoms with E-state index in [0.29, 0.717) is 36.5 Å². The van der Waals surface area contributed by atoms with E-state index >= 15 is 0 Å². The van der Waals surface area contributed by atoms with Crippen molar-refractivity contribution >= 4 is 27.8 Å². The fraction of sp³-hybridized carbons (Fsp3) is 0.364. The molecule has 2 aliphatic rings. The number of ether oxygens (including phenoxy) is 1. The van der Waals surface area contributed by atoms with Crippen LogP contribution in [-0.2, 0) is 6.54 Å². The molecule has 0 bridgehead atoms. The van der Waals surface area contributed by atoms with Gasteiger partial charge in [-0.25, -0.2) is 19.6 Å². The first-order valence-electron chi connectivity index (χ1n) is 10.5. The summed E-state index contributed by atoms with van der Waals surface area (Å²) in [6.45, 7) is 1.19. The maximum Gasteiger partial charge on any atom is 0.214 e. The molecule has 9 heteroatoms. The number of aliphatic hydroxyl groups is 1. The summed E-state index contributed by atoms with van der Waals surface area (Å²) in [6.07, 6.45) is 3.60. The summed E-state index contributed by atoms with van der Waals surface area (Å²) >= 11 is 0. The number of likely N-dealkylation sites (tertiary alicyclic amines) is 1. The molecule has 0 amide bonds. The Morgan fingerprint density at radius 1 is 1.19 bits per heavy atom. The second kappa shape index (κ2) is 6.86. The Balaban J connectivity index is 1.42. The molecule has 2 fully saturated rings. The fourth-order valence-electron chi connectivity index (χ4n) is 4.18. The minimum atomic E-state index is -0.370. The van der Waals surface area contributed by atoms with E-state index in [2.05, 4.69) is 19.9 Å². The van der Waals surface area contributed by atoms with Crippen molar-refractivity contribution in [2.45, 2.75) is 37.6 Å². The van der Waals surface area contributed by atoms with Crippen LogP contribution in [0.4, 0.5) is 5.82 Å². The number of aromatic nitrogens is 5. The molecule has 1 aromatic carbocycles. The van der Waals surface area contributed by atoms with E-state index in [1.54, 1.807) is 0 Å². The van der Waals surface area contributed by atoms with Crippen LogP contribution < -0.4 is 10.5 Å². The van der Waals surface area contributed by atoms with Crippen LogP contribution in [-0.4, -0.2) is 66.6 Å². The third-order valence-electron chi connectivity index (χ3n) is 6.15. The topological polar surface area (TPSA) is 115 Å². The third-order valence-corrected chi connectivity index (χ3v) is 6.15. The summed E-state index contributed by atoms with van der Waals surface area (Å²) in [5.74, 6) is 1.05. The standard InChI is InChI=1S/C22H23N7O2/c1-28-10-17(30)16(28)9-29-22-19(21(23)24-11-25-22)20(27-29)13-2-6-15-12(8-13)3-7-18(26-15)31-14-4-5-14/h2-3,6-8,11,14,16-17,30H,4-5,9-10H2,1H3,(H2,23,24,25). The Morgan fingerprint density at radius 3 is 2.84 bits per heavy atom. The van der Waals surface area contributed by atoms with Gasteiger partial charge in [-0.05, 0) is 38.1 Å². The minimum absolute atomic E-state index is 0.00201. The van der Waals surface area contributed by atoms with Crippen LogP contribution in [0.5, 0.6) is 5.88 Å². The molecule has 3 N–H and O–H groups in total. The van der Waals surface area contributed by atoms with Gasteiger partial charge in [-0.1, -0.05) is 6.07 Å². The van der Waals surface area contributed by atoms with E-state index in [0.717, 1.165) is 40.4 Å². The molecule has 0 radical (unpaired) electrons. The van der Waals surface area contributed by atoms with Crippen LogP contribution in [0.2, 0.25) is 0 Å². The average molecular weight is 417 g/mol. The van der Waals surface area contributed by atoms with Gasteiger partial charge in [0.05, 0.1) is 29.6 Å². The molecule has 4 aromatic rings. The molecule has 1 aliphatic heterocycles. The van der Waals surface area contributed by atoms with Gasteiger partial charge < -0.3 is 15.6 Å². The van der Waals surface area contributed by atoms with Gasteiger partial charge >= 0.3 is 0 Å². The fourth-order valence-corrected chi connectivity index (χ4v) is 4.18. The Labute approximate surface area is 178 Å². The van der Waals surface area contributed by atoms with E-state index in [1.165, 1.54) is 6.33 Å². The minimum Gasteiger partial charge on any atom is -0.474 e. The van der Waals surface area contributed by atoms with Gasteiger partial charge in [0.1, 0.15) is 23.9 Å². The number of nitrogens with two attached hydrogens (primary N) is 1. The highest BCUT2D eigenvalue weighted by Gasteiger charge is 2.35. The quantitative estimate of drug-likeness (QED) is 0.505. The van der Waals surface area contributed by atoms with Crippen molar-refractivity contribution in [2.24, 2.45) is 0 Å². The number of anilines is 1. The molecular weight excluding hydrogens is 394 g/mol. The molecule has 9 nitrogen and oxygen atoms in total. The zero-order valence-corrected chi connectivity index (χ0v) is 17.1. The van der Waals surface area contributed by atoms with Crippen LogP contribution in [0, 0.1) is 0 Å². The van der Waals surface area contributed by atoms with Crippen LogP contribution >= 0.6 is 0 Å². The highest BCUT2D eigenvalue weighted by atomic mass is 16.5. The predicted molar refractivity (Wildman–Crippen MR) is 117 cm³/mol. The van der Waals surface area contributed by atoms with Crippen LogP contribution in [0.25, 0.3) is 33.2 Å². The zero-order valence-electron chi connectivity index (χ0n) is 17.1. The lowest BCUT2D eigenvalue weighted by Gasteiger charge is -2.42. The number of fused-ring (bicyclic) bond motifs is 2. The van der Waals surface area contributed by atoms with Crippen LogP contribution in [0.1, 0.15) is 12.8 Å². The Kier molecular flexibility index (Phi) is 4.09. The van der Waals surface area contributed by atoms with Gasteiger partial charge in [-0.15, -0.1) is 0 Å². The number of β-amino-alcohol motifs (C(OH)–C–C–N with tert-alkyl or cyclic N) is 1. The molecular formula is C22H23N7O2. The number of hydrogen-bond acceptors (Lipinski definition) is 8. The van der Waals surface area contributed by atoms with Crippen LogP contribution in [0.3, 0.4) is 0 Å². The SMILES string of the molecule is CN1CC(O)C1Cn1nc(-c2ccc3nc(OC4CC4)ccc3c2)c2c(N)ncnc21. The number of pyridine rings is 1. The molecule has 6 rings (SSSR count). The Morgan fingerprint density at radius 2 is 2.06 bits per heavy atom. The molecule has 4 heterocycles. The van der Waals surface area contributed by atoms with Crippen molar-refractivity contribution < 1.29 is 9.84 Å². The number of aliphatic hydroxyl groups excluding tert-OH is 1. The summed E-state index contributed by atoms with van der Waals surface area (Å²) in [4.78, 5) is 15.3. The number of nitrogens with zero attached hydrogens (tertiary/aromatic N) is 6. The lowest BCUT2D eigenvalue weighted by molar-refractivity contribution is -0.0530. The first-order chi connectivity index (χ1) is 15.1. The summed E-state index contributed by atoms with van der Waals surface area (Å²) in [6, 6.07) is 9.93. The molecule has 158 valence electrons. The molecule has 31 heavy (non-hydrogen) atoms. The Bertz CT molecular complexity index is 1290. The van der Waals surface area contributed by atoms with Gasteiger partial charge in [0, 0.05) is 23.6 Å². The predicted octanol–water partition coefficient (Wildman–Crippen LogP) is 1.84. The van der Waals surface area contributed by atoms with Crippen molar-refractivity contribution in [2.75, 3.05) is 19.3 Å². The van der Waals surface area contributed by atoms with Gasteiger partial charge in [-0.3, -0.25) is 4.90 Å². The van der Waals surface area contributed by atoms with Crippen LogP contribution in [0.15, 0.2) is 36.7 Å². The lowest BCUT2D eigenvalue weighted by atomic mass is 10.0. The van der Waals surface area contributed by atoms with Gasteiger partial charge in [0.2, 0.25) is 5.88 Å². The molecule has 0 spiro atoms. The molecule has 2 unspecified atom stereocenters. The normalized spacial score (nSPS) is 21.5. The van der Waals surface area contributed by atoms with Gasteiger partial charge in [0.15, 0.2) is 5.65 Å². The number of nitrogen functional groups attached to an aromatic ring is 1. The van der Waals surface area contributed by atoms with Crippen molar-refractivity contribution in [3.05, 3.63) is 36.7 Å². The van der Waals surface area contributed by atoms with Crippen molar-refractivity contribution in [1.82, 2.24) is 29.6 Å². The van der Waals surface area contributed by atoms with Crippen molar-refractivity contribution in [1.29, 1.82) is 0 Å². The second-order valence-corrected chi connectivity index (χ2v) is 8.44. The summed E-state index contributed by atoms with van der Waals surface area (Å²) < 4.78 is 7.63. The molecule has 2 atom stereocenters. The van der Waals surface area contributed by atoms with Gasteiger partial charge in [0.25, 0.3) is 0 Å². The monoisotopic (exact) mass is 417 g/mol. The molecule has 1 saturated carbocycles. The van der Waals surface area contributed by atoms with Crippen molar-refractivity contribution in [3.63, 3.8) is 0 Å². The van der Waals surface area contributed by atoms with Crippen molar-refractivity contribution in [3.8, 4) is 17.1 Å². The number of benzene rings is 1. The number of rotatable bonds is 5. The second-order valence-electron chi connectivity index (χ2n) is 8.44. The smallest absolute Gasteiger partial charge is 0.214 e. The van der Waals surface area contributed by atoms with E-state index in [4.69, 9.17) is 15.6 Å². The first kappa shape index (κ1) is 18.5. The average Bonchev–Trinajstić information content (AvgIpc) is 3.50. The highest BCUT2D eigenvalue weighted by Crippen LogP contribution is 2.33. The molecule has 3 aromatic heterocycles. The first-order valence-corrected chi connectivity index (χ1v) is 10.5. The maximum absolute atomic E-state index is 10.1. The third kappa shape index (κ3) is 3.17. The summed E-state index contributed by atoms with van der Waals surface area (Å²) in [7, 11) is 1.99. The number of hydrogen-bond donors (Lipinski definition) is 2. The molecule has 1 saturated heterocycles. The van der Waals surface area contributed by atoms with Gasteiger partial charge in [-0.2, -0.15) is 5.10 Å². The van der Waals surface area contributed by atoms with E-state index in [-0.39, 0.29) is 12.1 Å². The molecule has 1 aliphatic carbocycles. The largest absolute Gasteiger partial charge is 0.474 e. The number of likely N-dealkylation sites (N-methyl/N-ethyl adjacent to an activating group) is 1. The van der Waals surface area contributed by atoms with E-state index < -0.39 is 0 Å². The van der Waals surface area contributed by atoms with E-state index in [1.807, 2.05) is 42.1 Å². The summed E-state index contributed by atoms with van der Waals surface area (Å²) in [5.41, 5.74) is 9.41. The van der Waals surface area contributed by atoms with E-state index in [9.17, 15) is 5.11 Å². The Hall–Kier alpha value is -3.30. The maximum atomic E-state index is 10.1. The zero-order chi connectivity index (χ0) is 21.1. The summed E-state index contributed by atoms with van der Waals surface area (Å²) in [5, 5.41) is 16.7.